The minimum Gasteiger partial charge on any atom is -0.618 e. The van der Waals surface area contributed by atoms with E-state index in [4.69, 9.17) is 16.3 Å². The molecule has 0 N–H and O–H groups in total. The van der Waals surface area contributed by atoms with Crippen LogP contribution in [0.4, 0.5) is 0 Å². The molecule has 0 radical (unpaired) electrons. The fourth-order valence-corrected chi connectivity index (χ4v) is 2.46. The van der Waals surface area contributed by atoms with Crippen molar-refractivity contribution >= 4 is 28.5 Å². The Balaban J connectivity index is 2.67. The van der Waals surface area contributed by atoms with Crippen LogP contribution >= 0.6 is 11.6 Å². The van der Waals surface area contributed by atoms with Crippen molar-refractivity contribution in [2.45, 2.75) is 26.2 Å². The Morgan fingerprint density at radius 3 is 2.80 bits per heavy atom. The molecule has 106 valence electrons. The zero-order chi connectivity index (χ0) is 14.7. The highest BCUT2D eigenvalue weighted by molar-refractivity contribution is 6.30. The van der Waals surface area contributed by atoms with E-state index in [0.717, 1.165) is 29.6 Å². The Bertz CT molecular complexity index is 655. The van der Waals surface area contributed by atoms with Gasteiger partial charge < -0.3 is 9.94 Å². The molecule has 0 unspecified atom stereocenters. The maximum atomic E-state index is 12.1. The predicted octanol–water partition coefficient (Wildman–Crippen LogP) is 3.26. The Labute approximate surface area is 122 Å². The number of nitrogens with zero attached hydrogens (tertiary/aromatic N) is 1. The van der Waals surface area contributed by atoms with Crippen LogP contribution in [0.3, 0.4) is 0 Å². The lowest BCUT2D eigenvalue weighted by Crippen LogP contribution is -2.28. The lowest BCUT2D eigenvalue weighted by atomic mass is 10.0. The number of unbranched alkanes of at least 4 members (excludes halogenated alkanes) is 1. The van der Waals surface area contributed by atoms with E-state index in [2.05, 4.69) is 6.92 Å². The normalized spacial score (nSPS) is 10.8. The number of ether oxygens (including phenoxy) is 1. The van der Waals surface area contributed by atoms with Crippen molar-refractivity contribution in [3.05, 3.63) is 45.8 Å². The molecule has 5 heteroatoms. The molecule has 0 fully saturated rings. The monoisotopic (exact) mass is 293 g/mol. The van der Waals surface area contributed by atoms with Crippen LogP contribution in [-0.4, -0.2) is 13.1 Å². The molecule has 20 heavy (non-hydrogen) atoms. The molecule has 0 saturated carbocycles. The average Bonchev–Trinajstić information content (AvgIpc) is 2.42. The van der Waals surface area contributed by atoms with Crippen LogP contribution in [-0.2, 0) is 11.2 Å². The fourth-order valence-electron chi connectivity index (χ4n) is 2.25. The first-order valence-corrected chi connectivity index (χ1v) is 6.88. The molecule has 1 aromatic heterocycles. The Hall–Kier alpha value is -1.81. The first-order valence-electron chi connectivity index (χ1n) is 6.50. The first-order chi connectivity index (χ1) is 9.56. The van der Waals surface area contributed by atoms with Crippen LogP contribution in [0.5, 0.6) is 0 Å². The van der Waals surface area contributed by atoms with Gasteiger partial charge in [0.2, 0.25) is 5.52 Å². The molecule has 0 aliphatic rings. The smallest absolute Gasteiger partial charge is 0.337 e. The number of aromatic nitrogens is 1. The molecular weight excluding hydrogens is 278 g/mol. The number of esters is 1. The molecule has 0 spiro atoms. The van der Waals surface area contributed by atoms with E-state index in [-0.39, 0.29) is 0 Å². The van der Waals surface area contributed by atoms with Crippen molar-refractivity contribution in [1.82, 2.24) is 0 Å². The highest BCUT2D eigenvalue weighted by Crippen LogP contribution is 2.23. The second-order valence-electron chi connectivity index (χ2n) is 4.65. The number of carbonyl (C=O) groups is 1. The van der Waals surface area contributed by atoms with Crippen molar-refractivity contribution in [1.29, 1.82) is 0 Å². The van der Waals surface area contributed by atoms with Gasteiger partial charge in [-0.2, -0.15) is 4.73 Å². The molecule has 2 rings (SSSR count). The zero-order valence-corrected chi connectivity index (χ0v) is 12.2. The van der Waals surface area contributed by atoms with Gasteiger partial charge in [0.15, 0.2) is 6.20 Å². The number of methoxy groups -OCH3 is 1. The van der Waals surface area contributed by atoms with Gasteiger partial charge in [-0.15, -0.1) is 0 Å². The summed E-state index contributed by atoms with van der Waals surface area (Å²) in [4.78, 5) is 11.7. The van der Waals surface area contributed by atoms with E-state index in [0.29, 0.717) is 21.5 Å². The molecule has 0 bridgehead atoms. The lowest BCUT2D eigenvalue weighted by molar-refractivity contribution is -0.577. The molecule has 0 aliphatic heterocycles. The second kappa shape index (κ2) is 6.09. The Kier molecular flexibility index (Phi) is 4.45. The van der Waals surface area contributed by atoms with Gasteiger partial charge in [-0.05, 0) is 31.0 Å². The summed E-state index contributed by atoms with van der Waals surface area (Å²) in [7, 11) is 1.34. The van der Waals surface area contributed by atoms with Gasteiger partial charge in [0, 0.05) is 5.56 Å². The predicted molar refractivity (Wildman–Crippen MR) is 77.9 cm³/mol. The number of fused-ring (bicyclic) bond motifs is 1. The van der Waals surface area contributed by atoms with Crippen LogP contribution in [0, 0.1) is 5.21 Å². The molecule has 0 saturated heterocycles. The van der Waals surface area contributed by atoms with Gasteiger partial charge in [-0.25, -0.2) is 4.79 Å². The van der Waals surface area contributed by atoms with Crippen LogP contribution < -0.4 is 4.73 Å². The summed E-state index contributed by atoms with van der Waals surface area (Å²) >= 11 is 5.91. The van der Waals surface area contributed by atoms with Crippen LogP contribution in [0.2, 0.25) is 5.02 Å². The maximum absolute atomic E-state index is 12.1. The van der Waals surface area contributed by atoms with Gasteiger partial charge in [0.1, 0.15) is 5.02 Å². The highest BCUT2D eigenvalue weighted by atomic mass is 35.5. The summed E-state index contributed by atoms with van der Waals surface area (Å²) in [5, 5.41) is 13.0. The van der Waals surface area contributed by atoms with Crippen LogP contribution in [0.15, 0.2) is 24.4 Å². The number of hydrogen-bond acceptors (Lipinski definition) is 3. The average molecular weight is 294 g/mol. The third kappa shape index (κ3) is 2.85. The zero-order valence-electron chi connectivity index (χ0n) is 11.5. The van der Waals surface area contributed by atoms with Gasteiger partial charge in [-0.1, -0.05) is 24.9 Å². The third-order valence-corrected chi connectivity index (χ3v) is 3.40. The number of hydrogen-bond donors (Lipinski definition) is 0. The van der Waals surface area contributed by atoms with E-state index in [1.165, 1.54) is 13.3 Å². The number of aryl methyl sites for hydroxylation is 1. The number of carbonyl (C=O) groups excluding carboxylic acids is 1. The van der Waals surface area contributed by atoms with Crippen molar-refractivity contribution in [2.24, 2.45) is 0 Å². The number of benzene rings is 1. The number of halogens is 1. The summed E-state index contributed by atoms with van der Waals surface area (Å²) in [5.74, 6) is -0.415. The minimum absolute atomic E-state index is 0.343. The molecule has 2 aromatic rings. The molecule has 0 atom stereocenters. The molecule has 0 amide bonds. The third-order valence-electron chi connectivity index (χ3n) is 3.19. The van der Waals surface area contributed by atoms with E-state index in [1.807, 2.05) is 0 Å². The fraction of sp³-hybridized carbons (Fsp3) is 0.333. The Morgan fingerprint density at radius 2 is 2.15 bits per heavy atom. The number of rotatable bonds is 4. The van der Waals surface area contributed by atoms with Gasteiger partial charge >= 0.3 is 5.97 Å². The highest BCUT2D eigenvalue weighted by Gasteiger charge is 2.16. The van der Waals surface area contributed by atoms with Crippen LogP contribution in [0.1, 0.15) is 35.7 Å². The van der Waals surface area contributed by atoms with E-state index < -0.39 is 5.97 Å². The van der Waals surface area contributed by atoms with E-state index in [1.54, 1.807) is 18.2 Å². The summed E-state index contributed by atoms with van der Waals surface area (Å²) < 4.78 is 5.52. The maximum Gasteiger partial charge on any atom is 0.337 e. The van der Waals surface area contributed by atoms with E-state index >= 15 is 0 Å². The summed E-state index contributed by atoms with van der Waals surface area (Å²) in [5.41, 5.74) is 1.85. The van der Waals surface area contributed by atoms with Crippen molar-refractivity contribution in [3.8, 4) is 0 Å². The first kappa shape index (κ1) is 14.6. The molecular formula is C15H16ClNO3. The summed E-state index contributed by atoms with van der Waals surface area (Å²) in [6.07, 6.45) is 4.03. The molecule has 1 heterocycles. The Morgan fingerprint density at radius 1 is 1.40 bits per heavy atom. The number of pyridine rings is 1. The van der Waals surface area contributed by atoms with Crippen molar-refractivity contribution in [2.75, 3.05) is 7.11 Å². The molecule has 1 aromatic carbocycles. The quantitative estimate of drug-likeness (QED) is 0.494. The minimum atomic E-state index is -0.415. The van der Waals surface area contributed by atoms with E-state index in [9.17, 15) is 10.0 Å². The van der Waals surface area contributed by atoms with Gasteiger partial charge in [-0.3, -0.25) is 0 Å². The van der Waals surface area contributed by atoms with Crippen LogP contribution in [0.25, 0.3) is 10.9 Å². The second-order valence-corrected chi connectivity index (χ2v) is 5.09. The SMILES string of the molecule is CCCCc1cc(C(=O)OC)cc2cc(Cl)c[n+]([O-])c12. The van der Waals surface area contributed by atoms with Crippen molar-refractivity contribution in [3.63, 3.8) is 0 Å². The molecule has 4 nitrogen and oxygen atoms in total. The topological polar surface area (TPSA) is 53.2 Å². The lowest BCUT2D eigenvalue weighted by Gasteiger charge is -2.09. The standard InChI is InChI=1S/C15H16ClNO3/c1-3-4-5-10-6-12(15(18)20-2)7-11-8-13(16)9-17(19)14(10)11/h6-9H,3-5H2,1-2H3. The summed E-state index contributed by atoms with van der Waals surface area (Å²) in [6.45, 7) is 2.08. The van der Waals surface area contributed by atoms with Crippen molar-refractivity contribution < 1.29 is 14.3 Å². The summed E-state index contributed by atoms with van der Waals surface area (Å²) in [6, 6.07) is 5.05. The largest absolute Gasteiger partial charge is 0.618 e. The van der Waals surface area contributed by atoms with Gasteiger partial charge in [0.05, 0.1) is 18.1 Å². The molecule has 0 aliphatic carbocycles. The van der Waals surface area contributed by atoms with Gasteiger partial charge in [0.25, 0.3) is 0 Å².